The Hall–Kier alpha value is -0.440. The van der Waals surface area contributed by atoms with Crippen molar-refractivity contribution < 1.29 is 8.78 Å². The van der Waals surface area contributed by atoms with E-state index in [1.54, 1.807) is 6.08 Å². The van der Waals surface area contributed by atoms with E-state index in [1.165, 1.54) is 0 Å². The van der Waals surface area contributed by atoms with E-state index in [9.17, 15) is 8.78 Å². The van der Waals surface area contributed by atoms with Gasteiger partial charge in [-0.3, -0.25) is 4.90 Å². The Labute approximate surface area is 72.1 Å². The minimum Gasteiger partial charge on any atom is -0.299 e. The van der Waals surface area contributed by atoms with Gasteiger partial charge in [0.05, 0.1) is 0 Å². The predicted molar refractivity (Wildman–Crippen MR) is 45.4 cm³/mol. The number of likely N-dealkylation sites (tertiary alicyclic amines) is 1. The summed E-state index contributed by atoms with van der Waals surface area (Å²) >= 11 is 0. The smallest absolute Gasteiger partial charge is 0.242 e. The Morgan fingerprint density at radius 2 is 2.33 bits per heavy atom. The van der Waals surface area contributed by atoms with Crippen LogP contribution < -0.4 is 0 Å². The van der Waals surface area contributed by atoms with E-state index in [4.69, 9.17) is 0 Å². The molecule has 0 saturated carbocycles. The molecule has 0 unspecified atom stereocenters. The molecule has 0 amide bonds. The maximum Gasteiger partial charge on any atom is 0.242 e. The Kier molecular flexibility index (Phi) is 3.66. The van der Waals surface area contributed by atoms with Gasteiger partial charge < -0.3 is 0 Å². The Balaban J connectivity index is 2.34. The van der Waals surface area contributed by atoms with E-state index in [1.807, 2.05) is 4.90 Å². The number of rotatable bonds is 3. The monoisotopic (exact) mass is 175 g/mol. The molecular formula is C9H15F2N. The zero-order chi connectivity index (χ0) is 8.97. The molecule has 0 bridgehead atoms. The molecule has 1 aliphatic rings. The van der Waals surface area contributed by atoms with Gasteiger partial charge in [-0.05, 0) is 19.4 Å². The van der Waals surface area contributed by atoms with Gasteiger partial charge >= 0.3 is 0 Å². The van der Waals surface area contributed by atoms with Gasteiger partial charge in [-0.1, -0.05) is 6.08 Å². The lowest BCUT2D eigenvalue weighted by molar-refractivity contribution is 0.0310. The van der Waals surface area contributed by atoms with Crippen LogP contribution in [0.1, 0.15) is 12.8 Å². The molecule has 1 nitrogen and oxygen atoms in total. The SMILES string of the molecule is C=CCN1CCC[C@H](C(F)F)C1. The molecule has 1 aliphatic heterocycles. The van der Waals surface area contributed by atoms with Crippen molar-refractivity contribution >= 4 is 0 Å². The van der Waals surface area contributed by atoms with Crippen molar-refractivity contribution in [3.63, 3.8) is 0 Å². The Morgan fingerprint density at radius 1 is 1.58 bits per heavy atom. The van der Waals surface area contributed by atoms with Crippen LogP contribution in [-0.2, 0) is 0 Å². The third-order valence-corrected chi connectivity index (χ3v) is 2.29. The molecule has 0 aromatic carbocycles. The van der Waals surface area contributed by atoms with Crippen LogP contribution in [0.4, 0.5) is 8.78 Å². The van der Waals surface area contributed by atoms with Crippen LogP contribution in [-0.4, -0.2) is 31.0 Å². The first-order valence-corrected chi connectivity index (χ1v) is 4.35. The first-order chi connectivity index (χ1) is 5.74. The summed E-state index contributed by atoms with van der Waals surface area (Å²) < 4.78 is 24.6. The normalized spacial score (nSPS) is 26.1. The van der Waals surface area contributed by atoms with Crippen molar-refractivity contribution in [3.8, 4) is 0 Å². The molecule has 0 aromatic heterocycles. The molecule has 70 valence electrons. The fourth-order valence-electron chi connectivity index (χ4n) is 1.65. The maximum absolute atomic E-state index is 12.3. The standard InChI is InChI=1S/C9H15F2N/c1-2-5-12-6-3-4-8(7-12)9(10)11/h2,8-9H,1,3-7H2/t8-/m0/s1. The Morgan fingerprint density at radius 3 is 2.92 bits per heavy atom. The van der Waals surface area contributed by atoms with Crippen LogP contribution in [0.15, 0.2) is 12.7 Å². The molecule has 0 N–H and O–H groups in total. The van der Waals surface area contributed by atoms with E-state index in [-0.39, 0.29) is 0 Å². The van der Waals surface area contributed by atoms with Gasteiger partial charge in [0, 0.05) is 19.0 Å². The molecule has 0 aromatic rings. The molecule has 1 rings (SSSR count). The molecule has 1 fully saturated rings. The van der Waals surface area contributed by atoms with Gasteiger partial charge in [-0.2, -0.15) is 0 Å². The second-order valence-electron chi connectivity index (χ2n) is 3.29. The van der Waals surface area contributed by atoms with Gasteiger partial charge in [0.25, 0.3) is 0 Å². The molecule has 1 atom stereocenters. The largest absolute Gasteiger partial charge is 0.299 e. The number of alkyl halides is 2. The zero-order valence-corrected chi connectivity index (χ0v) is 7.18. The topological polar surface area (TPSA) is 3.24 Å². The van der Waals surface area contributed by atoms with Gasteiger partial charge in [-0.25, -0.2) is 8.78 Å². The third kappa shape index (κ3) is 2.55. The number of hydrogen-bond donors (Lipinski definition) is 0. The van der Waals surface area contributed by atoms with E-state index >= 15 is 0 Å². The van der Waals surface area contributed by atoms with Crippen LogP contribution in [0.5, 0.6) is 0 Å². The lowest BCUT2D eigenvalue weighted by Gasteiger charge is -2.31. The summed E-state index contributed by atoms with van der Waals surface area (Å²) in [5, 5.41) is 0. The summed E-state index contributed by atoms with van der Waals surface area (Å²) in [6, 6.07) is 0. The van der Waals surface area contributed by atoms with E-state index in [2.05, 4.69) is 6.58 Å². The maximum atomic E-state index is 12.3. The summed E-state index contributed by atoms with van der Waals surface area (Å²) in [5.74, 6) is -0.418. The van der Waals surface area contributed by atoms with Gasteiger partial charge in [0.2, 0.25) is 6.43 Å². The number of piperidine rings is 1. The molecular weight excluding hydrogens is 160 g/mol. The summed E-state index contributed by atoms with van der Waals surface area (Å²) in [6.45, 7) is 5.81. The van der Waals surface area contributed by atoms with Crippen molar-refractivity contribution in [1.82, 2.24) is 4.90 Å². The Bertz CT molecular complexity index is 147. The second kappa shape index (κ2) is 4.55. The van der Waals surface area contributed by atoms with E-state index in [0.717, 1.165) is 19.5 Å². The lowest BCUT2D eigenvalue weighted by Crippen LogP contribution is -2.38. The second-order valence-corrected chi connectivity index (χ2v) is 3.29. The number of nitrogens with zero attached hydrogens (tertiary/aromatic N) is 1. The quantitative estimate of drug-likeness (QED) is 0.594. The molecule has 1 saturated heterocycles. The minimum absolute atomic E-state index is 0.418. The van der Waals surface area contributed by atoms with Crippen LogP contribution in [0.3, 0.4) is 0 Å². The van der Waals surface area contributed by atoms with Crippen molar-refractivity contribution in [2.45, 2.75) is 19.3 Å². The van der Waals surface area contributed by atoms with Gasteiger partial charge in [0.15, 0.2) is 0 Å². The lowest BCUT2D eigenvalue weighted by atomic mass is 9.99. The highest BCUT2D eigenvalue weighted by molar-refractivity contribution is 4.79. The fourth-order valence-corrected chi connectivity index (χ4v) is 1.65. The van der Waals surface area contributed by atoms with E-state index in [0.29, 0.717) is 13.0 Å². The average molecular weight is 175 g/mol. The van der Waals surface area contributed by atoms with Crippen molar-refractivity contribution in [1.29, 1.82) is 0 Å². The van der Waals surface area contributed by atoms with Gasteiger partial charge in [0.1, 0.15) is 0 Å². The third-order valence-electron chi connectivity index (χ3n) is 2.29. The van der Waals surface area contributed by atoms with Crippen LogP contribution in [0.2, 0.25) is 0 Å². The molecule has 0 radical (unpaired) electrons. The summed E-state index contributed by atoms with van der Waals surface area (Å²) in [7, 11) is 0. The van der Waals surface area contributed by atoms with Gasteiger partial charge in [-0.15, -0.1) is 6.58 Å². The highest BCUT2D eigenvalue weighted by Crippen LogP contribution is 2.22. The van der Waals surface area contributed by atoms with Crippen LogP contribution >= 0.6 is 0 Å². The highest BCUT2D eigenvalue weighted by Gasteiger charge is 2.25. The van der Waals surface area contributed by atoms with Crippen molar-refractivity contribution in [2.24, 2.45) is 5.92 Å². The predicted octanol–water partition coefficient (Wildman–Crippen LogP) is 2.15. The van der Waals surface area contributed by atoms with E-state index < -0.39 is 12.3 Å². The fraction of sp³-hybridized carbons (Fsp3) is 0.778. The first-order valence-electron chi connectivity index (χ1n) is 4.35. The molecule has 0 aliphatic carbocycles. The van der Waals surface area contributed by atoms with Crippen LogP contribution in [0.25, 0.3) is 0 Å². The van der Waals surface area contributed by atoms with Crippen molar-refractivity contribution in [3.05, 3.63) is 12.7 Å². The minimum atomic E-state index is -2.15. The molecule has 3 heteroatoms. The average Bonchev–Trinajstić information content (AvgIpc) is 2.05. The molecule has 12 heavy (non-hydrogen) atoms. The summed E-state index contributed by atoms with van der Waals surface area (Å²) in [4.78, 5) is 2.04. The summed E-state index contributed by atoms with van der Waals surface area (Å²) in [6.07, 6.45) is 1.18. The zero-order valence-electron chi connectivity index (χ0n) is 7.18. The first kappa shape index (κ1) is 9.65. The number of hydrogen-bond acceptors (Lipinski definition) is 1. The van der Waals surface area contributed by atoms with Crippen molar-refractivity contribution in [2.75, 3.05) is 19.6 Å². The summed E-state index contributed by atoms with van der Waals surface area (Å²) in [5.41, 5.74) is 0. The molecule has 1 heterocycles. The number of halogens is 2. The van der Waals surface area contributed by atoms with Crippen LogP contribution in [0, 0.1) is 5.92 Å². The highest BCUT2D eigenvalue weighted by atomic mass is 19.3. The molecule has 0 spiro atoms.